The highest BCUT2D eigenvalue weighted by Crippen LogP contribution is 2.33. The third kappa shape index (κ3) is 3.79. The Hall–Kier alpha value is -1.13. The van der Waals surface area contributed by atoms with Crippen molar-refractivity contribution >= 4 is 28.1 Å². The molecular weight excluding hydrogens is 313 g/mol. The molecule has 5 nitrogen and oxygen atoms in total. The first-order valence-corrected chi connectivity index (χ1v) is 13.2. The fraction of sp³-hybridized carbons (Fsp3) is 0.600. The van der Waals surface area contributed by atoms with E-state index in [-0.39, 0.29) is 11.6 Å². The Morgan fingerprint density at radius 3 is 1.68 bits per heavy atom. The third-order valence-corrected chi connectivity index (χ3v) is 3.49. The van der Waals surface area contributed by atoms with E-state index in [1.807, 2.05) is 14.7 Å². The average molecular weight is 337 g/mol. The van der Waals surface area contributed by atoms with Gasteiger partial charge in [-0.2, -0.15) is 0 Å². The van der Waals surface area contributed by atoms with Gasteiger partial charge in [-0.25, -0.2) is 0 Å². The Bertz CT molecular complexity index is 576. The van der Waals surface area contributed by atoms with Crippen LogP contribution in [0, 0.1) is 0 Å². The van der Waals surface area contributed by atoms with Crippen molar-refractivity contribution in [2.24, 2.45) is 0 Å². The Morgan fingerprint density at radius 1 is 0.864 bits per heavy atom. The van der Waals surface area contributed by atoms with E-state index in [0.29, 0.717) is 17.1 Å². The zero-order chi connectivity index (χ0) is 16.1. The lowest BCUT2D eigenvalue weighted by Crippen LogP contribution is -2.29. The number of Topliss-reactive ketones (excluding diaryl/α,β-unsaturated/α-hetero) is 1. The molecule has 1 aliphatic carbocycles. The maximum Gasteiger partial charge on any atom is 0.227 e. The summed E-state index contributed by atoms with van der Waals surface area (Å²) in [5.74, 6) is 0.0485. The van der Waals surface area contributed by atoms with E-state index in [0.717, 1.165) is 39.3 Å². The molecule has 3 saturated heterocycles. The molecule has 0 spiro atoms. The van der Waals surface area contributed by atoms with Crippen molar-refractivity contribution in [3.63, 3.8) is 0 Å². The Morgan fingerprint density at radius 2 is 1.27 bits per heavy atom. The summed E-state index contributed by atoms with van der Waals surface area (Å²) < 4.78 is 0. The quantitative estimate of drug-likeness (QED) is 0.331. The van der Waals surface area contributed by atoms with Gasteiger partial charge in [-0.05, 0) is 0 Å². The highest BCUT2D eigenvalue weighted by molar-refractivity contribution is 7.68. The van der Waals surface area contributed by atoms with Gasteiger partial charge in [-0.1, -0.05) is 19.6 Å². The number of hydrogen-bond acceptors (Lipinski definition) is 5. The van der Waals surface area contributed by atoms with Gasteiger partial charge in [0.25, 0.3) is 0 Å². The lowest BCUT2D eigenvalue weighted by atomic mass is 10.0. The first kappa shape index (κ1) is 15.8. The highest BCUT2D eigenvalue weighted by Gasteiger charge is 2.43. The second-order valence-electron chi connectivity index (χ2n) is 7.25. The van der Waals surface area contributed by atoms with Gasteiger partial charge in [0.1, 0.15) is 11.4 Å². The molecule has 0 bridgehead atoms. The van der Waals surface area contributed by atoms with Gasteiger partial charge in [0.05, 0.1) is 13.4 Å². The monoisotopic (exact) mass is 337 g/mol. The molecule has 3 heterocycles. The van der Waals surface area contributed by atoms with E-state index in [1.165, 1.54) is 6.08 Å². The molecular formula is C15H24N3O2PSi. The molecule has 0 aromatic rings. The van der Waals surface area contributed by atoms with E-state index >= 15 is 0 Å². The van der Waals surface area contributed by atoms with Crippen LogP contribution in [0.3, 0.4) is 0 Å². The number of carbonyl (C=O) groups excluding carboxylic acids is 2. The lowest BCUT2D eigenvalue weighted by Gasteiger charge is -2.21. The van der Waals surface area contributed by atoms with E-state index in [9.17, 15) is 9.59 Å². The molecule has 7 heteroatoms. The summed E-state index contributed by atoms with van der Waals surface area (Å²) in [5, 5.41) is 0. The number of allylic oxidation sites excluding steroid dienone is 1. The average Bonchev–Trinajstić information content (AvgIpc) is 3.24. The smallest absolute Gasteiger partial charge is 0.227 e. The fourth-order valence-electron chi connectivity index (χ4n) is 2.28. The standard InChI is InChI=1S/C12H13N3O2.C3H11PSi/c16-9-7-8(13-1-2-13)12(17)11(15-5-6-15)10(9)14-3-4-14;1-5(2,3)4/h7H,1-6H2;4H2,1-3H3. The molecule has 1 atom stereocenters. The second kappa shape index (κ2) is 5.50. The number of hydrogen-bond donors (Lipinski definition) is 0. The highest BCUT2D eigenvalue weighted by atomic mass is 31.3. The van der Waals surface area contributed by atoms with Crippen molar-refractivity contribution in [3.05, 3.63) is 23.2 Å². The molecule has 3 aliphatic heterocycles. The fourth-order valence-corrected chi connectivity index (χ4v) is 2.28. The van der Waals surface area contributed by atoms with Crippen LogP contribution in [-0.4, -0.2) is 73.3 Å². The number of rotatable bonds is 3. The van der Waals surface area contributed by atoms with Crippen LogP contribution < -0.4 is 0 Å². The van der Waals surface area contributed by atoms with E-state index in [4.69, 9.17) is 0 Å². The van der Waals surface area contributed by atoms with Crippen LogP contribution in [0.25, 0.3) is 0 Å². The normalized spacial score (nSPS) is 23.3. The summed E-state index contributed by atoms with van der Waals surface area (Å²) in [5.41, 5.74) is 1.89. The van der Waals surface area contributed by atoms with Crippen molar-refractivity contribution in [1.82, 2.24) is 14.7 Å². The van der Waals surface area contributed by atoms with Crippen molar-refractivity contribution in [3.8, 4) is 0 Å². The van der Waals surface area contributed by atoms with Crippen LogP contribution in [0.4, 0.5) is 0 Å². The van der Waals surface area contributed by atoms with Crippen LogP contribution in [0.1, 0.15) is 0 Å². The van der Waals surface area contributed by atoms with Crippen molar-refractivity contribution in [1.29, 1.82) is 0 Å². The Kier molecular flexibility index (Phi) is 3.94. The molecule has 0 aromatic heterocycles. The molecule has 4 aliphatic rings. The van der Waals surface area contributed by atoms with Crippen LogP contribution in [0.5, 0.6) is 0 Å². The molecule has 1 unspecified atom stereocenters. The maximum atomic E-state index is 12.4. The molecule has 4 rings (SSSR count). The third-order valence-electron chi connectivity index (χ3n) is 3.49. The van der Waals surface area contributed by atoms with Crippen LogP contribution in [0.2, 0.25) is 19.6 Å². The summed E-state index contributed by atoms with van der Waals surface area (Å²) in [7, 11) is 2.16. The zero-order valence-corrected chi connectivity index (χ0v) is 15.7. The zero-order valence-electron chi connectivity index (χ0n) is 13.6. The van der Waals surface area contributed by atoms with Gasteiger partial charge in [0.15, 0.2) is 0 Å². The Labute approximate surface area is 135 Å². The summed E-state index contributed by atoms with van der Waals surface area (Å²) >= 11 is 0. The molecule has 0 saturated carbocycles. The van der Waals surface area contributed by atoms with Crippen LogP contribution in [0.15, 0.2) is 23.2 Å². The molecule has 0 N–H and O–H groups in total. The lowest BCUT2D eigenvalue weighted by molar-refractivity contribution is -0.117. The minimum atomic E-state index is -0.694. The number of ketones is 2. The Balaban J connectivity index is 0.000000254. The van der Waals surface area contributed by atoms with E-state index in [2.05, 4.69) is 28.4 Å². The molecule has 22 heavy (non-hydrogen) atoms. The molecule has 0 aromatic carbocycles. The minimum absolute atomic E-state index is 0.00546. The van der Waals surface area contributed by atoms with Crippen molar-refractivity contribution in [2.45, 2.75) is 19.6 Å². The molecule has 3 fully saturated rings. The van der Waals surface area contributed by atoms with Gasteiger partial charge in [-0.3, -0.25) is 9.59 Å². The summed E-state index contributed by atoms with van der Waals surface area (Å²) in [4.78, 5) is 30.5. The summed E-state index contributed by atoms with van der Waals surface area (Å²) in [6, 6.07) is 0. The predicted octanol–water partition coefficient (Wildman–Crippen LogP) is 0.877. The SMILES string of the molecule is C[Si](C)(C)P.O=C1C=C(N2CC2)C(=O)C(N2CC2)=C1N1CC1. The van der Waals surface area contributed by atoms with Crippen molar-refractivity contribution in [2.75, 3.05) is 39.3 Å². The molecule has 120 valence electrons. The predicted molar refractivity (Wildman–Crippen MR) is 92.9 cm³/mol. The van der Waals surface area contributed by atoms with E-state index < -0.39 is 7.74 Å². The maximum absolute atomic E-state index is 12.4. The largest absolute Gasteiger partial charge is 0.365 e. The summed E-state index contributed by atoms with van der Waals surface area (Å²) in [6.45, 7) is 12.3. The first-order chi connectivity index (χ1) is 10.3. The van der Waals surface area contributed by atoms with Gasteiger partial charge in [0, 0.05) is 45.3 Å². The molecule has 0 amide bonds. The second-order valence-corrected chi connectivity index (χ2v) is 17.2. The van der Waals surface area contributed by atoms with Crippen LogP contribution in [-0.2, 0) is 9.59 Å². The van der Waals surface area contributed by atoms with Gasteiger partial charge in [0.2, 0.25) is 11.6 Å². The van der Waals surface area contributed by atoms with Crippen LogP contribution >= 0.6 is 8.79 Å². The topological polar surface area (TPSA) is 43.2 Å². The number of carbonyl (C=O) groups is 2. The molecule has 0 radical (unpaired) electrons. The first-order valence-electron chi connectivity index (χ1n) is 7.84. The van der Waals surface area contributed by atoms with Gasteiger partial charge in [-0.15, -0.1) is 8.79 Å². The van der Waals surface area contributed by atoms with Gasteiger partial charge >= 0.3 is 0 Å². The van der Waals surface area contributed by atoms with Gasteiger partial charge < -0.3 is 14.7 Å². The number of nitrogens with zero attached hydrogens (tertiary/aromatic N) is 3. The summed E-state index contributed by atoms with van der Waals surface area (Å²) in [6.07, 6.45) is 1.52. The van der Waals surface area contributed by atoms with E-state index in [1.54, 1.807) is 0 Å². The minimum Gasteiger partial charge on any atom is -0.365 e. The van der Waals surface area contributed by atoms with Crippen molar-refractivity contribution < 1.29 is 9.59 Å².